The second-order valence-electron chi connectivity index (χ2n) is 4.31. The molecule has 0 amide bonds. The summed E-state index contributed by atoms with van der Waals surface area (Å²) < 4.78 is 49.7. The third-order valence-electron chi connectivity index (χ3n) is 2.72. The van der Waals surface area contributed by atoms with Crippen molar-refractivity contribution in [3.63, 3.8) is 0 Å². The topological polar surface area (TPSA) is 49.4 Å². The monoisotopic (exact) mass is 292 g/mol. The van der Waals surface area contributed by atoms with Crippen LogP contribution in [-0.2, 0) is 16.6 Å². The minimum Gasteiger partial charge on any atom is -0.316 e. The molecule has 0 aromatic heterocycles. The van der Waals surface area contributed by atoms with Crippen LogP contribution in [0.3, 0.4) is 0 Å². The molecule has 0 fully saturated rings. The van der Waals surface area contributed by atoms with Gasteiger partial charge in [0.05, 0.1) is 11.4 Å². The van der Waals surface area contributed by atoms with Gasteiger partial charge in [-0.05, 0) is 31.2 Å². The van der Waals surface area contributed by atoms with Crippen molar-refractivity contribution in [1.29, 1.82) is 0 Å². The number of benzene rings is 1. The van der Waals surface area contributed by atoms with Crippen molar-refractivity contribution < 1.29 is 17.2 Å². The number of hydrogen-bond donors (Lipinski definition) is 1. The van der Waals surface area contributed by atoms with E-state index in [2.05, 4.69) is 5.32 Å². The highest BCUT2D eigenvalue weighted by atomic mass is 32.2. The van der Waals surface area contributed by atoms with Gasteiger partial charge < -0.3 is 5.32 Å². The molecule has 19 heavy (non-hydrogen) atoms. The molecule has 1 aromatic carbocycles. The van der Waals surface area contributed by atoms with Gasteiger partial charge in [0.15, 0.2) is 0 Å². The van der Waals surface area contributed by atoms with Crippen LogP contribution in [-0.4, -0.2) is 39.8 Å². The Morgan fingerprint density at radius 3 is 2.53 bits per heavy atom. The van der Waals surface area contributed by atoms with Crippen molar-refractivity contribution in [2.24, 2.45) is 0 Å². The van der Waals surface area contributed by atoms with Gasteiger partial charge in [0.1, 0.15) is 0 Å². The molecule has 0 atom stereocenters. The zero-order valence-corrected chi connectivity index (χ0v) is 12.0. The second-order valence-corrected chi connectivity index (χ2v) is 6.32. The molecule has 0 aliphatic carbocycles. The number of nitrogens with zero attached hydrogens (tertiary/aromatic N) is 1. The maximum atomic E-state index is 12.3. The Morgan fingerprint density at radius 2 is 2.00 bits per heavy atom. The van der Waals surface area contributed by atoms with E-state index in [4.69, 9.17) is 0 Å². The van der Waals surface area contributed by atoms with Crippen LogP contribution in [0.25, 0.3) is 0 Å². The van der Waals surface area contributed by atoms with Gasteiger partial charge in [-0.15, -0.1) is 0 Å². The Kier molecular flexibility index (Phi) is 5.39. The minimum atomic E-state index is -3.88. The molecule has 0 heterocycles. The number of rotatable bonds is 6. The molecule has 0 saturated heterocycles. The molecule has 0 saturated carbocycles. The van der Waals surface area contributed by atoms with Gasteiger partial charge in [-0.3, -0.25) is 0 Å². The summed E-state index contributed by atoms with van der Waals surface area (Å²) in [5.41, 5.74) is 1.33. The molecule has 0 bridgehead atoms. The normalized spacial score (nSPS) is 12.4. The summed E-state index contributed by atoms with van der Waals surface area (Å²) in [6.07, 6.45) is -2.69. The Hall–Kier alpha value is -1.05. The molecule has 0 aliphatic rings. The third kappa shape index (κ3) is 3.95. The molecular formula is C12H18F2N2O2S. The summed E-state index contributed by atoms with van der Waals surface area (Å²) in [5, 5.41) is 2.92. The molecular weight excluding hydrogens is 274 g/mol. The molecule has 0 unspecified atom stereocenters. The molecule has 4 nitrogen and oxygen atoms in total. The van der Waals surface area contributed by atoms with E-state index in [1.807, 2.05) is 0 Å². The summed E-state index contributed by atoms with van der Waals surface area (Å²) in [4.78, 5) is 0.0726. The zero-order chi connectivity index (χ0) is 14.6. The third-order valence-corrected chi connectivity index (χ3v) is 4.68. The Bertz CT molecular complexity index is 533. The van der Waals surface area contributed by atoms with E-state index < -0.39 is 23.0 Å². The molecule has 0 aliphatic heterocycles. The van der Waals surface area contributed by atoms with Crippen LogP contribution < -0.4 is 5.32 Å². The van der Waals surface area contributed by atoms with Gasteiger partial charge in [0, 0.05) is 13.6 Å². The fourth-order valence-electron chi connectivity index (χ4n) is 1.70. The molecule has 1 N–H and O–H groups in total. The van der Waals surface area contributed by atoms with E-state index in [1.54, 1.807) is 26.1 Å². The highest BCUT2D eigenvalue weighted by Gasteiger charge is 2.25. The predicted molar refractivity (Wildman–Crippen MR) is 69.8 cm³/mol. The average Bonchev–Trinajstić information content (AvgIpc) is 2.30. The van der Waals surface area contributed by atoms with Crippen molar-refractivity contribution in [3.8, 4) is 0 Å². The van der Waals surface area contributed by atoms with E-state index in [9.17, 15) is 17.2 Å². The summed E-state index contributed by atoms with van der Waals surface area (Å²) in [5.74, 6) is 0. The lowest BCUT2D eigenvalue weighted by Crippen LogP contribution is -2.32. The van der Waals surface area contributed by atoms with Gasteiger partial charge in [0.25, 0.3) is 6.43 Å². The molecule has 7 heteroatoms. The van der Waals surface area contributed by atoms with Crippen molar-refractivity contribution in [2.75, 3.05) is 20.6 Å². The Morgan fingerprint density at radius 1 is 1.37 bits per heavy atom. The van der Waals surface area contributed by atoms with Crippen LogP contribution >= 0.6 is 0 Å². The summed E-state index contributed by atoms with van der Waals surface area (Å²) >= 11 is 0. The first-order valence-electron chi connectivity index (χ1n) is 5.77. The molecule has 0 radical (unpaired) electrons. The van der Waals surface area contributed by atoms with Crippen molar-refractivity contribution in [2.45, 2.75) is 24.8 Å². The van der Waals surface area contributed by atoms with Crippen molar-refractivity contribution in [1.82, 2.24) is 9.62 Å². The van der Waals surface area contributed by atoms with Crippen LogP contribution in [0.15, 0.2) is 23.1 Å². The highest BCUT2D eigenvalue weighted by Crippen LogP contribution is 2.21. The van der Waals surface area contributed by atoms with E-state index in [-0.39, 0.29) is 4.90 Å². The van der Waals surface area contributed by atoms with Crippen molar-refractivity contribution in [3.05, 3.63) is 29.3 Å². The predicted octanol–water partition coefficient (Wildman–Crippen LogP) is 1.60. The molecule has 0 spiro atoms. The quantitative estimate of drug-likeness (QED) is 0.866. The van der Waals surface area contributed by atoms with Crippen molar-refractivity contribution >= 4 is 10.0 Å². The smallest absolute Gasteiger partial charge is 0.252 e. The van der Waals surface area contributed by atoms with Crippen LogP contribution in [0.1, 0.15) is 11.1 Å². The summed E-state index contributed by atoms with van der Waals surface area (Å²) in [6.45, 7) is 1.35. The molecule has 1 rings (SSSR count). The Balaban J connectivity index is 3.16. The summed E-state index contributed by atoms with van der Waals surface area (Å²) in [6, 6.07) is 5.00. The number of sulfonamides is 1. The zero-order valence-electron chi connectivity index (χ0n) is 11.2. The number of aryl methyl sites for hydroxylation is 1. The van der Waals surface area contributed by atoms with Crippen LogP contribution in [0, 0.1) is 6.92 Å². The maximum Gasteiger partial charge on any atom is 0.252 e. The molecule has 108 valence electrons. The van der Waals surface area contributed by atoms with Gasteiger partial charge in [-0.1, -0.05) is 12.1 Å². The molecule has 1 aromatic rings. The largest absolute Gasteiger partial charge is 0.316 e. The lowest BCUT2D eigenvalue weighted by Gasteiger charge is -2.18. The SMILES string of the molecule is CNCc1ccc(C)c(S(=O)(=O)N(C)CC(F)F)c1. The van der Waals surface area contributed by atoms with E-state index in [0.29, 0.717) is 16.4 Å². The first-order valence-corrected chi connectivity index (χ1v) is 7.21. The number of alkyl halides is 2. The Labute approximate surface area is 112 Å². The van der Waals surface area contributed by atoms with E-state index in [1.165, 1.54) is 6.07 Å². The van der Waals surface area contributed by atoms with Gasteiger partial charge >= 0.3 is 0 Å². The van der Waals surface area contributed by atoms with Crippen LogP contribution in [0.2, 0.25) is 0 Å². The summed E-state index contributed by atoms with van der Waals surface area (Å²) in [7, 11) is -0.975. The first kappa shape index (κ1) is 16.0. The van der Waals surface area contributed by atoms with Gasteiger partial charge in [-0.2, -0.15) is 4.31 Å². The van der Waals surface area contributed by atoms with Crippen LogP contribution in [0.4, 0.5) is 8.78 Å². The average molecular weight is 292 g/mol. The van der Waals surface area contributed by atoms with E-state index >= 15 is 0 Å². The van der Waals surface area contributed by atoms with Gasteiger partial charge in [-0.25, -0.2) is 17.2 Å². The van der Waals surface area contributed by atoms with E-state index in [0.717, 1.165) is 12.6 Å². The second kappa shape index (κ2) is 6.40. The number of nitrogens with one attached hydrogen (secondary N) is 1. The fourth-order valence-corrected chi connectivity index (χ4v) is 3.12. The lowest BCUT2D eigenvalue weighted by atomic mass is 10.1. The first-order chi connectivity index (χ1) is 8.78. The van der Waals surface area contributed by atoms with Gasteiger partial charge in [0.2, 0.25) is 10.0 Å². The maximum absolute atomic E-state index is 12.3. The number of halogens is 2. The highest BCUT2D eigenvalue weighted by molar-refractivity contribution is 7.89. The standard InChI is InChI=1S/C12H18F2N2O2S/c1-9-4-5-10(7-15-2)6-11(9)19(17,18)16(3)8-12(13)14/h4-6,12,15H,7-8H2,1-3H3. The number of hydrogen-bond acceptors (Lipinski definition) is 3. The van der Waals surface area contributed by atoms with Crippen LogP contribution in [0.5, 0.6) is 0 Å². The minimum absolute atomic E-state index is 0.0726. The lowest BCUT2D eigenvalue weighted by molar-refractivity contribution is 0.126. The fraction of sp³-hybridized carbons (Fsp3) is 0.500.